The molecular weight excluding hydrogens is 222 g/mol. The first-order chi connectivity index (χ1) is 8.11. The van der Waals surface area contributed by atoms with Gasteiger partial charge in [0.05, 0.1) is 0 Å². The predicted molar refractivity (Wildman–Crippen MR) is 63.9 cm³/mol. The molecule has 1 heterocycles. The zero-order chi connectivity index (χ0) is 12.7. The van der Waals surface area contributed by atoms with Gasteiger partial charge in [-0.25, -0.2) is 4.79 Å². The third-order valence-corrected chi connectivity index (χ3v) is 3.11. The van der Waals surface area contributed by atoms with Gasteiger partial charge in [0.25, 0.3) is 0 Å². The number of hydrogen-bond donors (Lipinski definition) is 3. The molecule has 6 nitrogen and oxygen atoms in total. The molecule has 1 rings (SSSR count). The minimum absolute atomic E-state index is 0.333. The van der Waals surface area contributed by atoms with Crippen LogP contribution in [0.4, 0.5) is 4.79 Å². The van der Waals surface area contributed by atoms with E-state index in [9.17, 15) is 9.59 Å². The van der Waals surface area contributed by atoms with E-state index in [1.807, 2.05) is 0 Å². The SMILES string of the molecule is CCN1CCC(CNC(=O)NCC(=O)O)CC1. The average molecular weight is 243 g/mol. The molecule has 0 saturated carbocycles. The summed E-state index contributed by atoms with van der Waals surface area (Å²) in [6.07, 6.45) is 2.18. The molecule has 98 valence electrons. The summed E-state index contributed by atoms with van der Waals surface area (Å²) in [5, 5.41) is 13.4. The number of carboxylic acids is 1. The van der Waals surface area contributed by atoms with E-state index in [2.05, 4.69) is 22.5 Å². The van der Waals surface area contributed by atoms with Gasteiger partial charge in [0, 0.05) is 6.54 Å². The van der Waals surface area contributed by atoms with Crippen LogP contribution in [0.2, 0.25) is 0 Å². The highest BCUT2D eigenvalue weighted by Gasteiger charge is 2.18. The number of piperidine rings is 1. The van der Waals surface area contributed by atoms with Crippen molar-refractivity contribution >= 4 is 12.0 Å². The van der Waals surface area contributed by atoms with Crippen LogP contribution in [0.3, 0.4) is 0 Å². The van der Waals surface area contributed by atoms with E-state index >= 15 is 0 Å². The van der Waals surface area contributed by atoms with Gasteiger partial charge in [0.1, 0.15) is 6.54 Å². The third-order valence-electron chi connectivity index (χ3n) is 3.11. The minimum Gasteiger partial charge on any atom is -0.480 e. The number of rotatable bonds is 5. The van der Waals surface area contributed by atoms with Crippen LogP contribution in [-0.4, -0.2) is 54.7 Å². The van der Waals surface area contributed by atoms with Crippen LogP contribution in [0, 0.1) is 5.92 Å². The fourth-order valence-electron chi connectivity index (χ4n) is 1.96. The zero-order valence-corrected chi connectivity index (χ0v) is 10.2. The number of carbonyl (C=O) groups excluding carboxylic acids is 1. The highest BCUT2D eigenvalue weighted by molar-refractivity contribution is 5.79. The van der Waals surface area contributed by atoms with Crippen LogP contribution in [0.5, 0.6) is 0 Å². The Bertz CT molecular complexity index is 263. The lowest BCUT2D eigenvalue weighted by Gasteiger charge is -2.30. The fraction of sp³-hybridized carbons (Fsp3) is 0.818. The van der Waals surface area contributed by atoms with E-state index in [0.717, 1.165) is 32.5 Å². The Kier molecular flexibility index (Phi) is 5.76. The van der Waals surface area contributed by atoms with Crippen molar-refractivity contribution in [3.8, 4) is 0 Å². The number of nitrogens with one attached hydrogen (secondary N) is 2. The molecule has 1 aliphatic rings. The maximum Gasteiger partial charge on any atom is 0.323 e. The summed E-state index contributed by atoms with van der Waals surface area (Å²) in [7, 11) is 0. The molecule has 1 saturated heterocycles. The summed E-state index contributed by atoms with van der Waals surface area (Å²) >= 11 is 0. The number of carbonyl (C=O) groups is 2. The molecule has 0 aliphatic carbocycles. The van der Waals surface area contributed by atoms with E-state index in [0.29, 0.717) is 12.5 Å². The minimum atomic E-state index is -1.03. The van der Waals surface area contributed by atoms with Crippen LogP contribution < -0.4 is 10.6 Å². The van der Waals surface area contributed by atoms with E-state index in [4.69, 9.17) is 5.11 Å². The topological polar surface area (TPSA) is 81.7 Å². The molecule has 0 aromatic heterocycles. The molecule has 3 N–H and O–H groups in total. The first kappa shape index (κ1) is 13.8. The van der Waals surface area contributed by atoms with E-state index in [1.54, 1.807) is 0 Å². The first-order valence-corrected chi connectivity index (χ1v) is 6.07. The molecule has 0 atom stereocenters. The van der Waals surface area contributed by atoms with Crippen LogP contribution in [0.15, 0.2) is 0 Å². The van der Waals surface area contributed by atoms with Crippen LogP contribution in [-0.2, 0) is 4.79 Å². The van der Waals surface area contributed by atoms with Crippen molar-refractivity contribution in [2.75, 3.05) is 32.7 Å². The summed E-state index contributed by atoms with van der Waals surface area (Å²) in [5.74, 6) is -0.523. The number of aliphatic carboxylic acids is 1. The number of hydrogen-bond acceptors (Lipinski definition) is 3. The van der Waals surface area contributed by atoms with Crippen molar-refractivity contribution in [2.24, 2.45) is 5.92 Å². The monoisotopic (exact) mass is 243 g/mol. The van der Waals surface area contributed by atoms with E-state index in [-0.39, 0.29) is 6.54 Å². The van der Waals surface area contributed by atoms with Crippen molar-refractivity contribution in [1.82, 2.24) is 15.5 Å². The van der Waals surface area contributed by atoms with Gasteiger partial charge in [-0.15, -0.1) is 0 Å². The first-order valence-electron chi connectivity index (χ1n) is 6.07. The number of nitrogens with zero attached hydrogens (tertiary/aromatic N) is 1. The molecule has 0 bridgehead atoms. The van der Waals surface area contributed by atoms with Crippen LogP contribution in [0.25, 0.3) is 0 Å². The highest BCUT2D eigenvalue weighted by Crippen LogP contribution is 2.15. The van der Waals surface area contributed by atoms with Gasteiger partial charge in [-0.1, -0.05) is 6.92 Å². The molecule has 0 radical (unpaired) electrons. The lowest BCUT2D eigenvalue weighted by atomic mass is 9.97. The van der Waals surface area contributed by atoms with Crippen molar-refractivity contribution in [3.63, 3.8) is 0 Å². The Morgan fingerprint density at radius 3 is 2.47 bits per heavy atom. The highest BCUT2D eigenvalue weighted by atomic mass is 16.4. The number of urea groups is 1. The zero-order valence-electron chi connectivity index (χ0n) is 10.2. The van der Waals surface area contributed by atoms with Crippen molar-refractivity contribution in [2.45, 2.75) is 19.8 Å². The second kappa shape index (κ2) is 7.11. The summed E-state index contributed by atoms with van der Waals surface area (Å²) in [6.45, 7) is 5.69. The number of carboxylic acid groups (broad SMARTS) is 1. The summed E-state index contributed by atoms with van der Waals surface area (Å²) < 4.78 is 0. The largest absolute Gasteiger partial charge is 0.480 e. The van der Waals surface area contributed by atoms with E-state index in [1.165, 1.54) is 0 Å². The molecule has 2 amide bonds. The van der Waals surface area contributed by atoms with Crippen molar-refractivity contribution in [3.05, 3.63) is 0 Å². The van der Waals surface area contributed by atoms with Gasteiger partial charge in [0.2, 0.25) is 0 Å². The number of likely N-dealkylation sites (tertiary alicyclic amines) is 1. The smallest absolute Gasteiger partial charge is 0.323 e. The summed E-state index contributed by atoms with van der Waals surface area (Å²) in [5.41, 5.74) is 0. The normalized spacial score (nSPS) is 17.7. The summed E-state index contributed by atoms with van der Waals surface area (Å²) in [4.78, 5) is 23.8. The van der Waals surface area contributed by atoms with Gasteiger partial charge in [-0.05, 0) is 38.4 Å². The Balaban J connectivity index is 2.10. The second-order valence-corrected chi connectivity index (χ2v) is 4.33. The molecule has 0 aromatic carbocycles. The Morgan fingerprint density at radius 2 is 1.94 bits per heavy atom. The summed E-state index contributed by atoms with van der Waals surface area (Å²) in [6, 6.07) is -0.398. The van der Waals surface area contributed by atoms with Gasteiger partial charge in [0.15, 0.2) is 0 Å². The standard InChI is InChI=1S/C11H21N3O3/c1-2-14-5-3-9(4-6-14)7-12-11(17)13-8-10(15)16/h9H,2-8H2,1H3,(H,15,16)(H2,12,13,17). The molecule has 17 heavy (non-hydrogen) atoms. The molecule has 6 heteroatoms. The van der Waals surface area contributed by atoms with Crippen LogP contribution in [0.1, 0.15) is 19.8 Å². The molecular formula is C11H21N3O3. The van der Waals surface area contributed by atoms with Gasteiger partial charge < -0.3 is 20.6 Å². The lowest BCUT2D eigenvalue weighted by molar-refractivity contribution is -0.135. The lowest BCUT2D eigenvalue weighted by Crippen LogP contribution is -2.43. The second-order valence-electron chi connectivity index (χ2n) is 4.33. The molecule has 1 fully saturated rings. The predicted octanol–water partition coefficient (Wildman–Crippen LogP) is 0.102. The van der Waals surface area contributed by atoms with Crippen LogP contribution >= 0.6 is 0 Å². The van der Waals surface area contributed by atoms with Crippen molar-refractivity contribution in [1.29, 1.82) is 0 Å². The van der Waals surface area contributed by atoms with Gasteiger partial charge >= 0.3 is 12.0 Å². The molecule has 0 aromatic rings. The fourth-order valence-corrected chi connectivity index (χ4v) is 1.96. The Morgan fingerprint density at radius 1 is 1.29 bits per heavy atom. The third kappa shape index (κ3) is 5.53. The molecule has 0 unspecified atom stereocenters. The Hall–Kier alpha value is -1.30. The Labute approximate surface area is 101 Å². The number of amides is 2. The average Bonchev–Trinajstić information content (AvgIpc) is 2.34. The van der Waals surface area contributed by atoms with Gasteiger partial charge in [-0.3, -0.25) is 4.79 Å². The van der Waals surface area contributed by atoms with Crippen molar-refractivity contribution < 1.29 is 14.7 Å². The van der Waals surface area contributed by atoms with E-state index < -0.39 is 12.0 Å². The maximum atomic E-state index is 11.2. The van der Waals surface area contributed by atoms with Gasteiger partial charge in [-0.2, -0.15) is 0 Å². The maximum absolute atomic E-state index is 11.2. The molecule has 1 aliphatic heterocycles. The molecule has 0 spiro atoms. The quantitative estimate of drug-likeness (QED) is 0.640.